The van der Waals surface area contributed by atoms with Gasteiger partial charge in [-0.05, 0) is 44.9 Å². The van der Waals surface area contributed by atoms with Gasteiger partial charge < -0.3 is 9.84 Å². The van der Waals surface area contributed by atoms with Crippen LogP contribution < -0.4 is 0 Å². The molecule has 0 saturated heterocycles. The van der Waals surface area contributed by atoms with Crippen LogP contribution in [-0.4, -0.2) is 28.9 Å². The molecule has 0 amide bonds. The van der Waals surface area contributed by atoms with E-state index in [1.165, 1.54) is 5.56 Å². The van der Waals surface area contributed by atoms with Crippen molar-refractivity contribution in [1.82, 2.24) is 4.98 Å². The second-order valence-electron chi connectivity index (χ2n) is 4.42. The summed E-state index contributed by atoms with van der Waals surface area (Å²) in [6.45, 7) is 6.46. The summed E-state index contributed by atoms with van der Waals surface area (Å²) in [7, 11) is 0. The molecule has 0 saturated carbocycles. The lowest BCUT2D eigenvalue weighted by Gasteiger charge is -2.16. The summed E-state index contributed by atoms with van der Waals surface area (Å²) in [4.78, 5) is 4.13. The van der Waals surface area contributed by atoms with Gasteiger partial charge in [-0.3, -0.25) is 4.98 Å². The molecule has 1 aromatic rings. The number of aromatic nitrogens is 1. The molecule has 0 aromatic carbocycles. The topological polar surface area (TPSA) is 42.4 Å². The molecule has 0 fully saturated rings. The van der Waals surface area contributed by atoms with Crippen LogP contribution >= 0.6 is 0 Å². The van der Waals surface area contributed by atoms with Gasteiger partial charge in [0.2, 0.25) is 0 Å². The largest absolute Gasteiger partial charge is 0.388 e. The van der Waals surface area contributed by atoms with Crippen molar-refractivity contribution in [2.75, 3.05) is 13.2 Å². The Morgan fingerprint density at radius 3 is 2.80 bits per heavy atom. The van der Waals surface area contributed by atoms with Crippen molar-refractivity contribution in [1.29, 1.82) is 0 Å². The van der Waals surface area contributed by atoms with Crippen LogP contribution in [0, 0.1) is 6.92 Å². The number of hydrogen-bond donors (Lipinski definition) is 1. The minimum Gasteiger partial charge on any atom is -0.388 e. The normalized spacial score (nSPS) is 11.7. The molecule has 0 radical (unpaired) electrons. The Hall–Kier alpha value is -0.930. The van der Waals surface area contributed by atoms with E-state index in [4.69, 9.17) is 4.74 Å². The zero-order valence-electron chi connectivity index (χ0n) is 9.66. The number of ether oxygens (including phenoxy) is 1. The van der Waals surface area contributed by atoms with Crippen LogP contribution in [0.4, 0.5) is 0 Å². The van der Waals surface area contributed by atoms with E-state index in [1.54, 1.807) is 20.0 Å². The van der Waals surface area contributed by atoms with Crippen LogP contribution in [-0.2, 0) is 11.2 Å². The van der Waals surface area contributed by atoms with Gasteiger partial charge in [-0.1, -0.05) is 0 Å². The van der Waals surface area contributed by atoms with Crippen LogP contribution in [0.1, 0.15) is 25.1 Å². The van der Waals surface area contributed by atoms with Crippen molar-refractivity contribution in [2.45, 2.75) is 32.8 Å². The molecule has 1 aromatic heterocycles. The summed E-state index contributed by atoms with van der Waals surface area (Å²) < 4.78 is 5.37. The molecule has 0 spiro atoms. The van der Waals surface area contributed by atoms with Gasteiger partial charge in [-0.2, -0.15) is 0 Å². The van der Waals surface area contributed by atoms with Crippen molar-refractivity contribution in [3.8, 4) is 0 Å². The minimum atomic E-state index is -0.742. The van der Waals surface area contributed by atoms with Gasteiger partial charge >= 0.3 is 0 Å². The molecule has 84 valence electrons. The first kappa shape index (κ1) is 12.1. The van der Waals surface area contributed by atoms with Crippen molar-refractivity contribution >= 4 is 0 Å². The second kappa shape index (κ2) is 5.24. The minimum absolute atomic E-state index is 0.372. The molecular weight excluding hydrogens is 190 g/mol. The van der Waals surface area contributed by atoms with E-state index < -0.39 is 5.60 Å². The van der Waals surface area contributed by atoms with Crippen molar-refractivity contribution < 1.29 is 9.84 Å². The molecule has 0 aliphatic carbocycles. The Morgan fingerprint density at radius 1 is 1.47 bits per heavy atom. The smallest absolute Gasteiger partial charge is 0.0824 e. The van der Waals surface area contributed by atoms with Crippen molar-refractivity contribution in [3.05, 3.63) is 29.6 Å². The average Bonchev–Trinajstić information content (AvgIpc) is 2.11. The maximum atomic E-state index is 9.42. The second-order valence-corrected chi connectivity index (χ2v) is 4.42. The Kier molecular flexibility index (Phi) is 4.24. The Morgan fingerprint density at radius 2 is 2.20 bits per heavy atom. The maximum absolute atomic E-state index is 9.42. The summed E-state index contributed by atoms with van der Waals surface area (Å²) in [5.74, 6) is 0. The molecule has 1 N–H and O–H groups in total. The highest BCUT2D eigenvalue weighted by atomic mass is 16.5. The number of aryl methyl sites for hydroxylation is 1. The quantitative estimate of drug-likeness (QED) is 0.751. The van der Waals surface area contributed by atoms with Gasteiger partial charge in [-0.15, -0.1) is 0 Å². The van der Waals surface area contributed by atoms with Crippen molar-refractivity contribution in [3.63, 3.8) is 0 Å². The molecule has 0 aliphatic rings. The van der Waals surface area contributed by atoms with E-state index in [-0.39, 0.29) is 0 Å². The number of hydrogen-bond acceptors (Lipinski definition) is 3. The number of pyridine rings is 1. The lowest BCUT2D eigenvalue weighted by atomic mass is 10.1. The first-order valence-corrected chi connectivity index (χ1v) is 5.19. The molecule has 15 heavy (non-hydrogen) atoms. The van der Waals surface area contributed by atoms with E-state index in [2.05, 4.69) is 4.98 Å². The molecule has 1 heterocycles. The third-order valence-electron chi connectivity index (χ3n) is 1.95. The first-order valence-electron chi connectivity index (χ1n) is 5.19. The van der Waals surface area contributed by atoms with Gasteiger partial charge in [-0.25, -0.2) is 0 Å². The van der Waals surface area contributed by atoms with Gasteiger partial charge in [0.1, 0.15) is 0 Å². The highest BCUT2D eigenvalue weighted by Crippen LogP contribution is 2.04. The average molecular weight is 209 g/mol. The lowest BCUT2D eigenvalue weighted by molar-refractivity contribution is -0.0198. The summed E-state index contributed by atoms with van der Waals surface area (Å²) in [6, 6.07) is 4.04. The summed E-state index contributed by atoms with van der Waals surface area (Å²) in [5.41, 5.74) is 1.50. The molecule has 0 bridgehead atoms. The zero-order valence-corrected chi connectivity index (χ0v) is 9.66. The molecule has 3 nitrogen and oxygen atoms in total. The van der Waals surface area contributed by atoms with Crippen molar-refractivity contribution in [2.24, 2.45) is 0 Å². The Balaban J connectivity index is 2.26. The lowest BCUT2D eigenvalue weighted by Crippen LogP contribution is -2.26. The molecule has 1 rings (SSSR count). The van der Waals surface area contributed by atoms with E-state index >= 15 is 0 Å². The Labute approximate surface area is 91.1 Å². The zero-order chi connectivity index (χ0) is 11.3. The fourth-order valence-electron chi connectivity index (χ4n) is 1.27. The van der Waals surface area contributed by atoms with Gasteiger partial charge in [0.25, 0.3) is 0 Å². The standard InChI is InChI=1S/C12H19NO2/c1-10-8-11(4-6-13-10)5-7-15-9-12(2,3)14/h4,6,8,14H,5,7,9H2,1-3H3. The summed E-state index contributed by atoms with van der Waals surface area (Å²) in [5, 5.41) is 9.42. The summed E-state index contributed by atoms with van der Waals surface area (Å²) >= 11 is 0. The van der Waals surface area contributed by atoms with Crippen LogP contribution in [0.25, 0.3) is 0 Å². The van der Waals surface area contributed by atoms with Crippen LogP contribution in [0.3, 0.4) is 0 Å². The number of rotatable bonds is 5. The number of aliphatic hydroxyl groups is 1. The van der Waals surface area contributed by atoms with Crippen LogP contribution in [0.15, 0.2) is 18.3 Å². The van der Waals surface area contributed by atoms with Gasteiger partial charge in [0, 0.05) is 11.9 Å². The molecular formula is C12H19NO2. The van der Waals surface area contributed by atoms with E-state index in [1.807, 2.05) is 19.1 Å². The van der Waals surface area contributed by atoms with E-state index in [9.17, 15) is 5.11 Å². The SMILES string of the molecule is Cc1cc(CCOCC(C)(C)O)ccn1. The fourth-order valence-corrected chi connectivity index (χ4v) is 1.27. The monoisotopic (exact) mass is 209 g/mol. The van der Waals surface area contributed by atoms with Gasteiger partial charge in [0.05, 0.1) is 18.8 Å². The summed E-state index contributed by atoms with van der Waals surface area (Å²) in [6.07, 6.45) is 2.67. The third-order valence-corrected chi connectivity index (χ3v) is 1.95. The van der Waals surface area contributed by atoms with Crippen LogP contribution in [0.2, 0.25) is 0 Å². The van der Waals surface area contributed by atoms with E-state index in [0.717, 1.165) is 12.1 Å². The fraction of sp³-hybridized carbons (Fsp3) is 0.583. The predicted octanol–water partition coefficient (Wildman–Crippen LogP) is 1.72. The first-order chi connectivity index (χ1) is 6.97. The molecule has 0 unspecified atom stereocenters. The highest BCUT2D eigenvalue weighted by molar-refractivity contribution is 5.15. The third kappa shape index (κ3) is 5.50. The molecule has 0 aliphatic heterocycles. The maximum Gasteiger partial charge on any atom is 0.0824 e. The highest BCUT2D eigenvalue weighted by Gasteiger charge is 2.11. The van der Waals surface area contributed by atoms with Gasteiger partial charge in [0.15, 0.2) is 0 Å². The van der Waals surface area contributed by atoms with E-state index in [0.29, 0.717) is 13.2 Å². The molecule has 0 atom stereocenters. The van der Waals surface area contributed by atoms with Crippen LogP contribution in [0.5, 0.6) is 0 Å². The number of nitrogens with zero attached hydrogens (tertiary/aromatic N) is 1. The molecule has 3 heteroatoms. The Bertz CT molecular complexity index is 305. The predicted molar refractivity (Wildman–Crippen MR) is 59.8 cm³/mol.